The van der Waals surface area contributed by atoms with Gasteiger partial charge in [0.2, 0.25) is 0 Å². The molecule has 2 fully saturated rings. The summed E-state index contributed by atoms with van der Waals surface area (Å²) in [5.74, 6) is 1.26. The molecule has 3 atom stereocenters. The lowest BCUT2D eigenvalue weighted by Crippen LogP contribution is -2.43. The van der Waals surface area contributed by atoms with Crippen molar-refractivity contribution in [3.05, 3.63) is 0 Å². The molecule has 0 spiro atoms. The topological polar surface area (TPSA) is 32.7 Å². The van der Waals surface area contributed by atoms with E-state index < -0.39 is 0 Å². The van der Waals surface area contributed by atoms with Crippen LogP contribution in [-0.2, 0) is 4.74 Å². The highest BCUT2D eigenvalue weighted by Crippen LogP contribution is 2.30. The van der Waals surface area contributed by atoms with Crippen LogP contribution in [0.4, 0.5) is 0 Å². The summed E-state index contributed by atoms with van der Waals surface area (Å²) in [6.45, 7) is 5.17. The second kappa shape index (κ2) is 6.17. The molecule has 3 unspecified atom stereocenters. The van der Waals surface area contributed by atoms with E-state index in [4.69, 9.17) is 4.74 Å². The van der Waals surface area contributed by atoms with Crippen LogP contribution in [0.2, 0.25) is 0 Å². The largest absolute Gasteiger partial charge is 0.393 e. The van der Waals surface area contributed by atoms with Gasteiger partial charge >= 0.3 is 0 Å². The zero-order valence-electron chi connectivity index (χ0n) is 11.3. The summed E-state index contributed by atoms with van der Waals surface area (Å²) in [5, 5.41) is 10.1. The summed E-state index contributed by atoms with van der Waals surface area (Å²) in [4.78, 5) is 2.45. The number of ether oxygens (including phenoxy) is 1. The molecule has 1 saturated heterocycles. The fourth-order valence-corrected chi connectivity index (χ4v) is 3.32. The monoisotopic (exact) mass is 241 g/mol. The summed E-state index contributed by atoms with van der Waals surface area (Å²) in [6, 6.07) is 0.660. The van der Waals surface area contributed by atoms with Gasteiger partial charge < -0.3 is 14.7 Å². The molecule has 0 bridgehead atoms. The Balaban J connectivity index is 1.81. The zero-order valence-corrected chi connectivity index (χ0v) is 11.3. The van der Waals surface area contributed by atoms with Crippen molar-refractivity contribution in [2.24, 2.45) is 11.8 Å². The number of rotatable bonds is 3. The normalized spacial score (nSPS) is 36.4. The zero-order chi connectivity index (χ0) is 12.3. The van der Waals surface area contributed by atoms with E-state index in [1.807, 2.05) is 0 Å². The Morgan fingerprint density at radius 1 is 1.18 bits per heavy atom. The molecule has 0 radical (unpaired) electrons. The first-order valence-electron chi connectivity index (χ1n) is 7.13. The second-order valence-corrected chi connectivity index (χ2v) is 6.03. The van der Waals surface area contributed by atoms with Gasteiger partial charge in [-0.15, -0.1) is 0 Å². The maximum Gasteiger partial charge on any atom is 0.0580 e. The third-order valence-electron chi connectivity index (χ3n) is 4.54. The molecular formula is C14H27NO2. The average molecular weight is 241 g/mol. The Morgan fingerprint density at radius 3 is 2.59 bits per heavy atom. The minimum atomic E-state index is -0.0755. The number of aliphatic hydroxyl groups is 1. The van der Waals surface area contributed by atoms with Crippen LogP contribution in [-0.4, -0.2) is 49.0 Å². The number of nitrogens with zero attached hydrogens (tertiary/aromatic N) is 1. The van der Waals surface area contributed by atoms with Gasteiger partial charge in [0.05, 0.1) is 6.10 Å². The smallest absolute Gasteiger partial charge is 0.0580 e. The molecule has 3 heteroatoms. The van der Waals surface area contributed by atoms with Crippen LogP contribution in [0.15, 0.2) is 0 Å². The van der Waals surface area contributed by atoms with Crippen LogP contribution in [0.25, 0.3) is 0 Å². The molecule has 17 heavy (non-hydrogen) atoms. The molecule has 1 N–H and O–H groups in total. The van der Waals surface area contributed by atoms with E-state index in [0.717, 1.165) is 44.9 Å². The molecule has 0 aromatic heterocycles. The van der Waals surface area contributed by atoms with Crippen molar-refractivity contribution in [1.29, 1.82) is 0 Å². The van der Waals surface area contributed by atoms with Crippen molar-refractivity contribution in [1.82, 2.24) is 4.90 Å². The van der Waals surface area contributed by atoms with Crippen molar-refractivity contribution in [3.8, 4) is 0 Å². The lowest BCUT2D eigenvalue weighted by atomic mass is 9.80. The summed E-state index contributed by atoms with van der Waals surface area (Å²) in [7, 11) is 2.21. The summed E-state index contributed by atoms with van der Waals surface area (Å²) < 4.78 is 5.40. The molecule has 2 rings (SSSR count). The molecule has 2 aliphatic rings. The van der Waals surface area contributed by atoms with Crippen LogP contribution in [0.5, 0.6) is 0 Å². The summed E-state index contributed by atoms with van der Waals surface area (Å²) in [5.41, 5.74) is 0. The molecule has 1 heterocycles. The van der Waals surface area contributed by atoms with Gasteiger partial charge in [-0.3, -0.25) is 0 Å². The van der Waals surface area contributed by atoms with Crippen LogP contribution in [0.3, 0.4) is 0 Å². The SMILES string of the molecule is CC1CCC(O)C(CN(C)C2CCOCC2)C1. The minimum Gasteiger partial charge on any atom is -0.393 e. The molecule has 0 aromatic rings. The maximum absolute atomic E-state index is 10.1. The number of hydrogen-bond acceptors (Lipinski definition) is 3. The number of hydrogen-bond donors (Lipinski definition) is 1. The molecule has 1 saturated carbocycles. The van der Waals surface area contributed by atoms with E-state index in [0.29, 0.717) is 12.0 Å². The van der Waals surface area contributed by atoms with Gasteiger partial charge in [-0.1, -0.05) is 6.92 Å². The first-order chi connectivity index (χ1) is 8.16. The van der Waals surface area contributed by atoms with E-state index in [9.17, 15) is 5.11 Å². The third kappa shape index (κ3) is 3.67. The van der Waals surface area contributed by atoms with E-state index >= 15 is 0 Å². The number of aliphatic hydroxyl groups excluding tert-OH is 1. The lowest BCUT2D eigenvalue weighted by molar-refractivity contribution is 0.00392. The highest BCUT2D eigenvalue weighted by Gasteiger charge is 2.29. The Labute approximate surface area is 105 Å². The minimum absolute atomic E-state index is 0.0755. The van der Waals surface area contributed by atoms with Crippen molar-refractivity contribution in [3.63, 3.8) is 0 Å². The van der Waals surface area contributed by atoms with Gasteiger partial charge in [0.15, 0.2) is 0 Å². The predicted octanol–water partition coefficient (Wildman–Crippen LogP) is 1.89. The van der Waals surface area contributed by atoms with Crippen molar-refractivity contribution < 1.29 is 9.84 Å². The average Bonchev–Trinajstić information content (AvgIpc) is 2.35. The Bertz CT molecular complexity index is 228. The molecule has 100 valence electrons. The van der Waals surface area contributed by atoms with E-state index in [1.54, 1.807) is 0 Å². The molecular weight excluding hydrogens is 214 g/mol. The first kappa shape index (κ1) is 13.3. The van der Waals surface area contributed by atoms with Gasteiger partial charge in [0.1, 0.15) is 0 Å². The van der Waals surface area contributed by atoms with Crippen LogP contribution in [0.1, 0.15) is 39.0 Å². The van der Waals surface area contributed by atoms with Gasteiger partial charge in [0, 0.05) is 25.8 Å². The molecule has 0 amide bonds. The van der Waals surface area contributed by atoms with E-state index in [1.165, 1.54) is 12.8 Å². The Kier molecular flexibility index (Phi) is 4.83. The second-order valence-electron chi connectivity index (χ2n) is 6.03. The standard InChI is InChI=1S/C14H27NO2/c1-11-3-4-14(16)12(9-11)10-15(2)13-5-7-17-8-6-13/h11-14,16H,3-10H2,1-2H3. The van der Waals surface area contributed by atoms with Crippen LogP contribution < -0.4 is 0 Å². The van der Waals surface area contributed by atoms with Crippen LogP contribution >= 0.6 is 0 Å². The first-order valence-corrected chi connectivity index (χ1v) is 7.13. The molecule has 0 aromatic carbocycles. The van der Waals surface area contributed by atoms with Gasteiger partial charge in [-0.2, -0.15) is 0 Å². The molecule has 3 nitrogen and oxygen atoms in total. The quantitative estimate of drug-likeness (QED) is 0.819. The highest BCUT2D eigenvalue weighted by molar-refractivity contribution is 4.82. The Hall–Kier alpha value is -0.120. The summed E-state index contributed by atoms with van der Waals surface area (Å²) >= 11 is 0. The highest BCUT2D eigenvalue weighted by atomic mass is 16.5. The van der Waals surface area contributed by atoms with Gasteiger partial charge in [-0.05, 0) is 51.0 Å². The van der Waals surface area contributed by atoms with Crippen molar-refractivity contribution in [2.45, 2.75) is 51.2 Å². The maximum atomic E-state index is 10.1. The van der Waals surface area contributed by atoms with Crippen LogP contribution in [0, 0.1) is 11.8 Å². The molecule has 1 aliphatic heterocycles. The third-order valence-corrected chi connectivity index (χ3v) is 4.54. The van der Waals surface area contributed by atoms with Crippen molar-refractivity contribution >= 4 is 0 Å². The van der Waals surface area contributed by atoms with Gasteiger partial charge in [0.25, 0.3) is 0 Å². The van der Waals surface area contributed by atoms with Crippen molar-refractivity contribution in [2.75, 3.05) is 26.8 Å². The lowest BCUT2D eigenvalue weighted by Gasteiger charge is -2.38. The molecule has 1 aliphatic carbocycles. The summed E-state index contributed by atoms with van der Waals surface area (Å²) in [6.07, 6.45) is 5.60. The van der Waals surface area contributed by atoms with Gasteiger partial charge in [-0.25, -0.2) is 0 Å². The fourth-order valence-electron chi connectivity index (χ4n) is 3.32. The van der Waals surface area contributed by atoms with E-state index in [2.05, 4.69) is 18.9 Å². The van der Waals surface area contributed by atoms with E-state index in [-0.39, 0.29) is 6.10 Å². The Morgan fingerprint density at radius 2 is 1.88 bits per heavy atom. The predicted molar refractivity (Wildman–Crippen MR) is 69.0 cm³/mol. The fraction of sp³-hybridized carbons (Fsp3) is 1.00.